The van der Waals surface area contributed by atoms with Crippen molar-refractivity contribution < 1.29 is 4.74 Å². The Hall–Kier alpha value is -1.28. The Morgan fingerprint density at radius 2 is 2.22 bits per heavy atom. The summed E-state index contributed by atoms with van der Waals surface area (Å²) in [5, 5.41) is 3.35. The minimum Gasteiger partial charge on any atom is -0.486 e. The van der Waals surface area contributed by atoms with E-state index in [-0.39, 0.29) is 6.10 Å². The number of hydrogen-bond donors (Lipinski definition) is 1. The molecule has 0 aromatic heterocycles. The molecule has 0 heterocycles. The van der Waals surface area contributed by atoms with Gasteiger partial charge in [-0.05, 0) is 44.9 Å². The molecule has 0 saturated heterocycles. The van der Waals surface area contributed by atoms with Crippen molar-refractivity contribution in [3.8, 4) is 5.75 Å². The summed E-state index contributed by atoms with van der Waals surface area (Å²) < 4.78 is 6.14. The lowest BCUT2D eigenvalue weighted by Crippen LogP contribution is -2.20. The largest absolute Gasteiger partial charge is 0.486 e. The molecule has 0 aliphatic heterocycles. The Balaban J connectivity index is 2.16. The van der Waals surface area contributed by atoms with Crippen LogP contribution in [0.4, 0.5) is 0 Å². The lowest BCUT2D eigenvalue weighted by Gasteiger charge is -2.23. The second-order valence-corrected chi connectivity index (χ2v) is 4.80. The topological polar surface area (TPSA) is 21.3 Å². The molecule has 98 valence electrons. The SMILES string of the molecule is CCC(NC)c1ccccc1OC1C=CCCC1. The van der Waals surface area contributed by atoms with E-state index in [1.165, 1.54) is 18.4 Å². The Morgan fingerprint density at radius 1 is 1.39 bits per heavy atom. The van der Waals surface area contributed by atoms with Gasteiger partial charge in [-0.3, -0.25) is 0 Å². The molecule has 2 rings (SSSR count). The first kappa shape index (κ1) is 13.2. The molecule has 2 heteroatoms. The van der Waals surface area contributed by atoms with E-state index in [1.807, 2.05) is 13.1 Å². The van der Waals surface area contributed by atoms with Crippen LogP contribution in [-0.2, 0) is 0 Å². The van der Waals surface area contributed by atoms with Crippen molar-refractivity contribution >= 4 is 0 Å². The predicted octanol–water partition coefficient (Wildman–Crippen LogP) is 3.84. The second-order valence-electron chi connectivity index (χ2n) is 4.80. The molecule has 0 radical (unpaired) electrons. The zero-order valence-corrected chi connectivity index (χ0v) is 11.4. The maximum Gasteiger partial charge on any atom is 0.124 e. The minimum atomic E-state index is 0.245. The van der Waals surface area contributed by atoms with Crippen LogP contribution in [0.25, 0.3) is 0 Å². The average molecular weight is 245 g/mol. The molecule has 0 saturated carbocycles. The summed E-state index contributed by atoms with van der Waals surface area (Å²) in [6.07, 6.45) is 9.28. The van der Waals surface area contributed by atoms with Crippen molar-refractivity contribution in [1.82, 2.24) is 5.32 Å². The van der Waals surface area contributed by atoms with E-state index in [4.69, 9.17) is 4.74 Å². The van der Waals surface area contributed by atoms with Gasteiger partial charge < -0.3 is 10.1 Å². The first-order valence-electron chi connectivity index (χ1n) is 6.94. The van der Waals surface area contributed by atoms with Crippen LogP contribution in [0.5, 0.6) is 5.75 Å². The second kappa shape index (κ2) is 6.60. The lowest BCUT2D eigenvalue weighted by atomic mass is 10.0. The highest BCUT2D eigenvalue weighted by molar-refractivity contribution is 5.36. The molecule has 1 aliphatic carbocycles. The third kappa shape index (κ3) is 3.14. The summed E-state index contributed by atoms with van der Waals surface area (Å²) in [6, 6.07) is 8.74. The van der Waals surface area contributed by atoms with Gasteiger partial charge in [0.1, 0.15) is 11.9 Å². The lowest BCUT2D eigenvalue weighted by molar-refractivity contribution is 0.225. The van der Waals surface area contributed by atoms with E-state index in [1.54, 1.807) is 0 Å². The van der Waals surface area contributed by atoms with Gasteiger partial charge >= 0.3 is 0 Å². The molecule has 1 N–H and O–H groups in total. The number of ether oxygens (including phenoxy) is 1. The quantitative estimate of drug-likeness (QED) is 0.796. The summed E-state index contributed by atoms with van der Waals surface area (Å²) in [5.74, 6) is 1.02. The molecule has 1 aromatic carbocycles. The van der Waals surface area contributed by atoms with E-state index >= 15 is 0 Å². The van der Waals surface area contributed by atoms with Gasteiger partial charge in [-0.15, -0.1) is 0 Å². The van der Waals surface area contributed by atoms with Crippen molar-refractivity contribution in [3.05, 3.63) is 42.0 Å². The van der Waals surface area contributed by atoms with Crippen LogP contribution >= 0.6 is 0 Å². The van der Waals surface area contributed by atoms with Crippen LogP contribution in [0.2, 0.25) is 0 Å². The fraction of sp³-hybridized carbons (Fsp3) is 0.500. The highest BCUT2D eigenvalue weighted by Crippen LogP contribution is 2.29. The molecule has 0 spiro atoms. The van der Waals surface area contributed by atoms with Gasteiger partial charge in [0.05, 0.1) is 0 Å². The van der Waals surface area contributed by atoms with Crippen LogP contribution in [-0.4, -0.2) is 13.2 Å². The van der Waals surface area contributed by atoms with E-state index in [9.17, 15) is 0 Å². The van der Waals surface area contributed by atoms with Gasteiger partial charge in [0.25, 0.3) is 0 Å². The highest BCUT2D eigenvalue weighted by atomic mass is 16.5. The monoisotopic (exact) mass is 245 g/mol. The van der Waals surface area contributed by atoms with E-state index < -0.39 is 0 Å². The third-order valence-electron chi connectivity index (χ3n) is 3.54. The van der Waals surface area contributed by atoms with Crippen LogP contribution in [0, 0.1) is 0 Å². The third-order valence-corrected chi connectivity index (χ3v) is 3.54. The molecule has 0 fully saturated rings. The molecule has 1 aliphatic rings. The normalized spacial score (nSPS) is 20.7. The first-order chi connectivity index (χ1) is 8.85. The zero-order valence-electron chi connectivity index (χ0n) is 11.4. The molecule has 0 amide bonds. The maximum absolute atomic E-state index is 6.14. The number of hydrogen-bond acceptors (Lipinski definition) is 2. The molecule has 1 aromatic rings. The number of benzene rings is 1. The maximum atomic E-state index is 6.14. The van der Waals surface area contributed by atoms with Crippen molar-refractivity contribution in [2.24, 2.45) is 0 Å². The van der Waals surface area contributed by atoms with Crippen molar-refractivity contribution in [1.29, 1.82) is 0 Å². The van der Waals surface area contributed by atoms with Gasteiger partial charge in [-0.2, -0.15) is 0 Å². The van der Waals surface area contributed by atoms with Gasteiger partial charge in [0.15, 0.2) is 0 Å². The Labute approximate surface area is 110 Å². The molecule has 18 heavy (non-hydrogen) atoms. The number of rotatable bonds is 5. The van der Waals surface area contributed by atoms with Crippen LogP contribution in [0.15, 0.2) is 36.4 Å². The number of para-hydroxylation sites is 1. The molecule has 0 bridgehead atoms. The first-order valence-corrected chi connectivity index (χ1v) is 6.94. The van der Waals surface area contributed by atoms with E-state index in [0.29, 0.717) is 6.04 Å². The Kier molecular flexibility index (Phi) is 4.82. The van der Waals surface area contributed by atoms with Crippen LogP contribution in [0.3, 0.4) is 0 Å². The van der Waals surface area contributed by atoms with E-state index in [0.717, 1.165) is 18.6 Å². The van der Waals surface area contributed by atoms with Crippen LogP contribution < -0.4 is 10.1 Å². The number of nitrogens with one attached hydrogen (secondary N) is 1. The molecular weight excluding hydrogens is 222 g/mol. The zero-order chi connectivity index (χ0) is 12.8. The summed E-state index contributed by atoms with van der Waals surface area (Å²) in [7, 11) is 2.01. The molecule has 2 atom stereocenters. The van der Waals surface area contributed by atoms with Gasteiger partial charge in [-0.25, -0.2) is 0 Å². The fourth-order valence-corrected chi connectivity index (χ4v) is 2.50. The average Bonchev–Trinajstić information content (AvgIpc) is 2.43. The van der Waals surface area contributed by atoms with Gasteiger partial charge in [-0.1, -0.05) is 31.2 Å². The fourth-order valence-electron chi connectivity index (χ4n) is 2.50. The summed E-state index contributed by atoms with van der Waals surface area (Å²) >= 11 is 0. The summed E-state index contributed by atoms with van der Waals surface area (Å²) in [4.78, 5) is 0. The van der Waals surface area contributed by atoms with Crippen molar-refractivity contribution in [3.63, 3.8) is 0 Å². The Morgan fingerprint density at radius 3 is 2.89 bits per heavy atom. The number of allylic oxidation sites excluding steroid dienone is 1. The standard InChI is InChI=1S/C16H23NO/c1-3-15(17-2)14-11-7-8-12-16(14)18-13-9-5-4-6-10-13/h5,7-9,11-13,15,17H,3-4,6,10H2,1-2H3. The van der Waals surface area contributed by atoms with E-state index in [2.05, 4.69) is 42.6 Å². The molecule has 2 unspecified atom stereocenters. The predicted molar refractivity (Wildman–Crippen MR) is 75.9 cm³/mol. The molecular formula is C16H23NO. The van der Waals surface area contributed by atoms with Gasteiger partial charge in [0.2, 0.25) is 0 Å². The summed E-state index contributed by atoms with van der Waals surface area (Å²) in [6.45, 7) is 2.19. The molecule has 2 nitrogen and oxygen atoms in total. The minimum absolute atomic E-state index is 0.245. The van der Waals surface area contributed by atoms with Crippen LogP contribution in [0.1, 0.15) is 44.2 Å². The smallest absolute Gasteiger partial charge is 0.124 e. The summed E-state index contributed by atoms with van der Waals surface area (Å²) in [5.41, 5.74) is 1.27. The Bertz CT molecular complexity index is 396. The van der Waals surface area contributed by atoms with Gasteiger partial charge in [0, 0.05) is 11.6 Å². The van der Waals surface area contributed by atoms with Crippen molar-refractivity contribution in [2.45, 2.75) is 44.8 Å². The van der Waals surface area contributed by atoms with Crippen molar-refractivity contribution in [2.75, 3.05) is 7.05 Å². The highest BCUT2D eigenvalue weighted by Gasteiger charge is 2.16.